The number of rotatable bonds is 1. The molecular weight excluding hydrogens is 243 g/mol. The van der Waals surface area contributed by atoms with Gasteiger partial charge in [0, 0.05) is 10.9 Å². The molecule has 0 fully saturated rings. The summed E-state index contributed by atoms with van der Waals surface area (Å²) in [4.78, 5) is 0. The number of hydrogen-bond acceptors (Lipinski definition) is 2. The molecule has 0 radical (unpaired) electrons. The van der Waals surface area contributed by atoms with Crippen molar-refractivity contribution in [1.29, 1.82) is 5.26 Å². The summed E-state index contributed by atoms with van der Waals surface area (Å²) in [5.41, 5.74) is 1.91. The first-order chi connectivity index (χ1) is 9.22. The number of halogens is 1. The first kappa shape index (κ1) is 11.3. The van der Waals surface area contributed by atoms with Crippen LogP contribution in [0.4, 0.5) is 4.39 Å². The fourth-order valence-corrected chi connectivity index (χ4v) is 2.21. The van der Waals surface area contributed by atoms with Crippen LogP contribution in [0, 0.1) is 17.1 Å². The van der Waals surface area contributed by atoms with E-state index >= 15 is 0 Å². The lowest BCUT2D eigenvalue weighted by Gasteiger charge is -2.03. The first-order valence-corrected chi connectivity index (χ1v) is 5.71. The molecule has 19 heavy (non-hydrogen) atoms. The number of fused-ring (bicyclic) bond motifs is 1. The molecule has 1 N–H and O–H groups in total. The molecule has 0 aliphatic carbocycles. The Morgan fingerprint density at radius 3 is 2.42 bits per heavy atom. The molecule has 3 nitrogen and oxygen atoms in total. The van der Waals surface area contributed by atoms with Crippen LogP contribution in [0.15, 0.2) is 48.5 Å². The standard InChI is InChI=1S/C15H9FN2O/c16-11-7-5-10(6-8-11)15-13(9-17)12-3-1-2-4-14(12)18(15)19/h1-8,19H. The molecule has 0 saturated carbocycles. The molecule has 3 rings (SSSR count). The Hall–Kier alpha value is -2.80. The molecule has 0 bridgehead atoms. The molecule has 92 valence electrons. The van der Waals surface area contributed by atoms with Crippen molar-refractivity contribution >= 4 is 10.9 Å². The van der Waals surface area contributed by atoms with Crippen LogP contribution in [0.2, 0.25) is 0 Å². The highest BCUT2D eigenvalue weighted by atomic mass is 19.1. The Morgan fingerprint density at radius 2 is 1.74 bits per heavy atom. The molecule has 0 amide bonds. The van der Waals surface area contributed by atoms with Gasteiger partial charge in [0.05, 0.1) is 11.1 Å². The molecule has 0 unspecified atom stereocenters. The van der Waals surface area contributed by atoms with E-state index in [9.17, 15) is 14.9 Å². The zero-order valence-corrected chi connectivity index (χ0v) is 9.84. The fraction of sp³-hybridized carbons (Fsp3) is 0. The fourth-order valence-electron chi connectivity index (χ4n) is 2.21. The highest BCUT2D eigenvalue weighted by molar-refractivity contribution is 5.94. The van der Waals surface area contributed by atoms with Crippen molar-refractivity contribution in [3.8, 4) is 17.3 Å². The van der Waals surface area contributed by atoms with Crippen LogP contribution in [-0.4, -0.2) is 9.94 Å². The second kappa shape index (κ2) is 4.14. The monoisotopic (exact) mass is 252 g/mol. The van der Waals surface area contributed by atoms with Crippen LogP contribution in [-0.2, 0) is 0 Å². The second-order valence-electron chi connectivity index (χ2n) is 4.17. The lowest BCUT2D eigenvalue weighted by atomic mass is 10.1. The van der Waals surface area contributed by atoms with E-state index in [1.165, 1.54) is 24.3 Å². The van der Waals surface area contributed by atoms with Gasteiger partial charge in [0.2, 0.25) is 0 Å². The molecule has 1 heterocycles. The Kier molecular flexibility index (Phi) is 2.46. The molecule has 4 heteroatoms. The summed E-state index contributed by atoms with van der Waals surface area (Å²) in [6.45, 7) is 0. The van der Waals surface area contributed by atoms with Crippen LogP contribution in [0.5, 0.6) is 0 Å². The lowest BCUT2D eigenvalue weighted by molar-refractivity contribution is 0.204. The maximum absolute atomic E-state index is 13.0. The van der Waals surface area contributed by atoms with Crippen molar-refractivity contribution in [3.63, 3.8) is 0 Å². The maximum atomic E-state index is 13.0. The average molecular weight is 252 g/mol. The molecule has 0 aliphatic heterocycles. The van der Waals surface area contributed by atoms with Gasteiger partial charge in [-0.3, -0.25) is 0 Å². The summed E-state index contributed by atoms with van der Waals surface area (Å²) in [5.74, 6) is -0.358. The maximum Gasteiger partial charge on any atom is 0.123 e. The average Bonchev–Trinajstić information content (AvgIpc) is 2.73. The van der Waals surface area contributed by atoms with Crippen molar-refractivity contribution in [2.75, 3.05) is 0 Å². The summed E-state index contributed by atoms with van der Waals surface area (Å²) in [6, 6.07) is 14.9. The molecule has 0 aliphatic rings. The van der Waals surface area contributed by atoms with E-state index < -0.39 is 0 Å². The van der Waals surface area contributed by atoms with E-state index in [4.69, 9.17) is 0 Å². The predicted molar refractivity (Wildman–Crippen MR) is 69.2 cm³/mol. The predicted octanol–water partition coefficient (Wildman–Crippen LogP) is 3.56. The van der Waals surface area contributed by atoms with Crippen molar-refractivity contribution in [2.45, 2.75) is 0 Å². The van der Waals surface area contributed by atoms with Crippen molar-refractivity contribution in [2.24, 2.45) is 0 Å². The quantitative estimate of drug-likeness (QED) is 0.673. The summed E-state index contributed by atoms with van der Waals surface area (Å²) < 4.78 is 13.9. The minimum absolute atomic E-state index is 0.358. The zero-order chi connectivity index (χ0) is 13.4. The molecule has 0 spiro atoms. The van der Waals surface area contributed by atoms with Gasteiger partial charge in [-0.2, -0.15) is 9.99 Å². The normalized spacial score (nSPS) is 10.5. The molecule has 1 aromatic heterocycles. The zero-order valence-electron chi connectivity index (χ0n) is 9.84. The Morgan fingerprint density at radius 1 is 1.05 bits per heavy atom. The lowest BCUT2D eigenvalue weighted by Crippen LogP contribution is -1.94. The van der Waals surface area contributed by atoms with Crippen molar-refractivity contribution < 1.29 is 9.60 Å². The van der Waals surface area contributed by atoms with Gasteiger partial charge in [-0.05, 0) is 30.3 Å². The molecule has 0 atom stereocenters. The van der Waals surface area contributed by atoms with E-state index in [0.717, 1.165) is 4.73 Å². The SMILES string of the molecule is N#Cc1c(-c2ccc(F)cc2)n(O)c2ccccc12. The number of nitriles is 1. The van der Waals surface area contributed by atoms with Crippen LogP contribution in [0.1, 0.15) is 5.56 Å². The van der Waals surface area contributed by atoms with Gasteiger partial charge in [0.1, 0.15) is 17.6 Å². The third kappa shape index (κ3) is 1.64. The summed E-state index contributed by atoms with van der Waals surface area (Å²) in [7, 11) is 0. The summed E-state index contributed by atoms with van der Waals surface area (Å²) in [5, 5.41) is 20.2. The van der Waals surface area contributed by atoms with Gasteiger partial charge < -0.3 is 5.21 Å². The molecule has 2 aromatic carbocycles. The van der Waals surface area contributed by atoms with E-state index in [1.54, 1.807) is 24.3 Å². The number of para-hydroxylation sites is 1. The van der Waals surface area contributed by atoms with Crippen LogP contribution < -0.4 is 0 Å². The largest absolute Gasteiger partial charge is 0.428 e. The Balaban J connectivity index is 2.38. The number of aromatic nitrogens is 1. The van der Waals surface area contributed by atoms with Crippen LogP contribution >= 0.6 is 0 Å². The van der Waals surface area contributed by atoms with E-state index in [2.05, 4.69) is 6.07 Å². The van der Waals surface area contributed by atoms with Gasteiger partial charge in [-0.15, -0.1) is 0 Å². The third-order valence-electron chi connectivity index (χ3n) is 3.08. The minimum Gasteiger partial charge on any atom is -0.428 e. The van der Waals surface area contributed by atoms with Crippen molar-refractivity contribution in [1.82, 2.24) is 4.73 Å². The summed E-state index contributed by atoms with van der Waals surface area (Å²) in [6.07, 6.45) is 0. The van der Waals surface area contributed by atoms with Gasteiger partial charge in [-0.25, -0.2) is 4.39 Å². The molecule has 0 saturated heterocycles. The summed E-state index contributed by atoms with van der Waals surface area (Å²) >= 11 is 0. The van der Waals surface area contributed by atoms with E-state index in [1.807, 2.05) is 0 Å². The second-order valence-corrected chi connectivity index (χ2v) is 4.17. The smallest absolute Gasteiger partial charge is 0.123 e. The molecular formula is C15H9FN2O. The number of nitrogens with zero attached hydrogens (tertiary/aromatic N) is 2. The highest BCUT2D eigenvalue weighted by Gasteiger charge is 2.17. The first-order valence-electron chi connectivity index (χ1n) is 5.71. The van der Waals surface area contributed by atoms with Gasteiger partial charge >= 0.3 is 0 Å². The van der Waals surface area contributed by atoms with Crippen molar-refractivity contribution in [3.05, 3.63) is 59.9 Å². The Labute approximate surface area is 108 Å². The van der Waals surface area contributed by atoms with Crippen LogP contribution in [0.3, 0.4) is 0 Å². The molecule has 3 aromatic rings. The minimum atomic E-state index is -0.358. The van der Waals surface area contributed by atoms with Gasteiger partial charge in [0.25, 0.3) is 0 Å². The third-order valence-corrected chi connectivity index (χ3v) is 3.08. The van der Waals surface area contributed by atoms with Gasteiger partial charge in [0.15, 0.2) is 0 Å². The number of hydrogen-bond donors (Lipinski definition) is 1. The van der Waals surface area contributed by atoms with E-state index in [0.29, 0.717) is 27.7 Å². The topological polar surface area (TPSA) is 49.0 Å². The number of benzene rings is 2. The van der Waals surface area contributed by atoms with E-state index in [-0.39, 0.29) is 5.82 Å². The van der Waals surface area contributed by atoms with Gasteiger partial charge in [-0.1, -0.05) is 18.2 Å². The Bertz CT molecular complexity index is 797. The van der Waals surface area contributed by atoms with Crippen LogP contribution in [0.25, 0.3) is 22.2 Å². The highest BCUT2D eigenvalue weighted by Crippen LogP contribution is 2.32.